The predicted molar refractivity (Wildman–Crippen MR) is 215 cm³/mol. The van der Waals surface area contributed by atoms with Gasteiger partial charge in [0.2, 0.25) is 11.8 Å². The normalized spacial score (nSPS) is 17.4. The lowest BCUT2D eigenvalue weighted by atomic mass is 10.0. The number of rotatable bonds is 10. The van der Waals surface area contributed by atoms with Crippen LogP contribution >= 0.6 is 0 Å². The molecule has 0 spiro atoms. The molecule has 0 saturated carbocycles. The summed E-state index contributed by atoms with van der Waals surface area (Å²) in [6, 6.07) is 29.1. The summed E-state index contributed by atoms with van der Waals surface area (Å²) in [5.41, 5.74) is 3.60. The molecule has 58 heavy (non-hydrogen) atoms. The molecule has 4 aromatic rings. The van der Waals surface area contributed by atoms with E-state index in [-0.39, 0.29) is 11.8 Å². The van der Waals surface area contributed by atoms with Gasteiger partial charge < -0.3 is 20.1 Å². The number of carbonyl (C=O) groups excluding carboxylic acids is 6. The van der Waals surface area contributed by atoms with Gasteiger partial charge in [0, 0.05) is 35.6 Å². The van der Waals surface area contributed by atoms with Gasteiger partial charge in [-0.05, 0) is 73.2 Å². The van der Waals surface area contributed by atoms with E-state index in [0.717, 1.165) is 0 Å². The molecule has 4 aromatic carbocycles. The van der Waals surface area contributed by atoms with E-state index < -0.39 is 48.2 Å². The van der Waals surface area contributed by atoms with E-state index >= 15 is 0 Å². The second kappa shape index (κ2) is 19.4. The highest BCUT2D eigenvalue weighted by Crippen LogP contribution is 2.32. The number of anilines is 2. The first-order valence-corrected chi connectivity index (χ1v) is 18.9. The number of nitrogens with one attached hydrogen (secondary N) is 4. The van der Waals surface area contributed by atoms with Crippen molar-refractivity contribution in [2.45, 2.75) is 49.9 Å². The number of hydrogen-bond donors (Lipinski definition) is 4. The van der Waals surface area contributed by atoms with Crippen molar-refractivity contribution in [1.82, 2.24) is 20.4 Å². The Kier molecular flexibility index (Phi) is 13.6. The Morgan fingerprint density at radius 2 is 0.966 bits per heavy atom. The molecule has 4 N–H and O–H groups in total. The van der Waals surface area contributed by atoms with Gasteiger partial charge in [0.1, 0.15) is 12.1 Å². The lowest BCUT2D eigenvalue weighted by Gasteiger charge is -2.31. The van der Waals surface area contributed by atoms with Crippen LogP contribution in [0.2, 0.25) is 0 Å². The van der Waals surface area contributed by atoms with Gasteiger partial charge in [0.15, 0.2) is 0 Å². The van der Waals surface area contributed by atoms with Gasteiger partial charge in [-0.15, -0.1) is 0 Å². The minimum atomic E-state index is -0.890. The van der Waals surface area contributed by atoms with Crippen LogP contribution in [0.4, 0.5) is 21.0 Å². The van der Waals surface area contributed by atoms with Crippen molar-refractivity contribution in [2.24, 2.45) is 0 Å². The Bertz CT molecular complexity index is 2050. The SMILES string of the molecule is COC(=O)NC(=O)C(c1ccccc1)N1CCCC1C(=O)Nc1cccc(C#Cc2cccc(NC(=O)[C@@H]3CCCN3[C@@H](C(=O)NC(=O)OC)c3ccccc3)c2)c1. The molecule has 0 aliphatic carbocycles. The second-order valence-corrected chi connectivity index (χ2v) is 13.8. The fourth-order valence-electron chi connectivity index (χ4n) is 7.40. The van der Waals surface area contributed by atoms with E-state index in [9.17, 15) is 28.8 Å². The molecule has 0 aromatic heterocycles. The molecule has 14 heteroatoms. The van der Waals surface area contributed by atoms with Crippen LogP contribution in [-0.4, -0.2) is 85.0 Å². The van der Waals surface area contributed by atoms with E-state index in [4.69, 9.17) is 0 Å². The van der Waals surface area contributed by atoms with E-state index in [1.165, 1.54) is 14.2 Å². The Morgan fingerprint density at radius 3 is 1.34 bits per heavy atom. The number of benzene rings is 4. The Balaban J connectivity index is 1.12. The fourth-order valence-corrected chi connectivity index (χ4v) is 7.40. The van der Waals surface area contributed by atoms with Gasteiger partial charge in [-0.1, -0.05) is 84.6 Å². The zero-order valence-corrected chi connectivity index (χ0v) is 32.1. The summed E-state index contributed by atoms with van der Waals surface area (Å²) >= 11 is 0. The summed E-state index contributed by atoms with van der Waals surface area (Å²) in [6.07, 6.45) is 0.637. The van der Waals surface area contributed by atoms with Crippen LogP contribution in [0.5, 0.6) is 0 Å². The molecular weight excluding hydrogens is 741 g/mol. The van der Waals surface area contributed by atoms with Crippen molar-refractivity contribution in [2.75, 3.05) is 37.9 Å². The third kappa shape index (κ3) is 10.1. The van der Waals surface area contributed by atoms with Gasteiger partial charge in [0.25, 0.3) is 11.8 Å². The predicted octanol–water partition coefficient (Wildman–Crippen LogP) is 5.14. The van der Waals surface area contributed by atoms with Crippen molar-refractivity contribution < 1.29 is 38.2 Å². The standard InChI is InChI=1S/C44H44N6O8/c1-57-43(55)47-41(53)37(31-15-5-3-6-16-31)49-25-11-21-35(49)39(51)45-33-19-9-13-29(27-33)23-24-30-14-10-20-34(28-30)46-40(52)36-22-12-26-50(36)38(32-17-7-4-8-18-32)42(54)48-44(56)58-2/h3-10,13-20,27-28,35-38H,11-12,21-22,25-26H2,1-2H3,(H,45,51)(H,46,52)(H,47,53,55)(H,48,54,56)/t35-,36?,37+,38?/m0/s1. The molecule has 298 valence electrons. The highest BCUT2D eigenvalue weighted by atomic mass is 16.5. The van der Waals surface area contributed by atoms with Gasteiger partial charge in [-0.3, -0.25) is 39.6 Å². The smallest absolute Gasteiger partial charge is 0.413 e. The molecule has 2 aliphatic heterocycles. The summed E-state index contributed by atoms with van der Waals surface area (Å²) in [5.74, 6) is 4.50. The second-order valence-electron chi connectivity index (χ2n) is 13.8. The van der Waals surface area contributed by atoms with Gasteiger partial charge >= 0.3 is 12.2 Å². The summed E-state index contributed by atoms with van der Waals surface area (Å²) < 4.78 is 9.29. The van der Waals surface area contributed by atoms with E-state index in [0.29, 0.717) is 72.4 Å². The molecule has 0 radical (unpaired) electrons. The number of ether oxygens (including phenoxy) is 2. The molecule has 2 unspecified atom stereocenters. The quantitative estimate of drug-likeness (QED) is 0.158. The number of likely N-dealkylation sites (tertiary alicyclic amines) is 2. The maximum absolute atomic E-state index is 13.7. The molecule has 2 aliphatic rings. The van der Waals surface area contributed by atoms with Crippen molar-refractivity contribution in [3.05, 3.63) is 131 Å². The third-order valence-corrected chi connectivity index (χ3v) is 10.0. The highest BCUT2D eigenvalue weighted by Gasteiger charge is 2.41. The topological polar surface area (TPSA) is 175 Å². The first kappa shape index (κ1) is 40.8. The molecular formula is C44H44N6O8. The van der Waals surface area contributed by atoms with E-state index in [1.807, 2.05) is 24.3 Å². The summed E-state index contributed by atoms with van der Waals surface area (Å²) in [5, 5.41) is 10.5. The average Bonchev–Trinajstić information content (AvgIpc) is 3.92. The molecule has 6 amide bonds. The molecule has 2 fully saturated rings. The largest absolute Gasteiger partial charge is 0.453 e. The van der Waals surface area contributed by atoms with Gasteiger partial charge in [-0.2, -0.15) is 0 Å². The molecule has 14 nitrogen and oxygen atoms in total. The van der Waals surface area contributed by atoms with Crippen molar-refractivity contribution >= 4 is 47.2 Å². The number of carbonyl (C=O) groups is 6. The van der Waals surface area contributed by atoms with Crippen molar-refractivity contribution in [3.63, 3.8) is 0 Å². The summed E-state index contributed by atoms with van der Waals surface area (Å²) in [7, 11) is 2.36. The van der Waals surface area contributed by atoms with Crippen LogP contribution in [0, 0.1) is 11.8 Å². The minimum Gasteiger partial charge on any atom is -0.453 e. The molecule has 2 saturated heterocycles. The average molecular weight is 785 g/mol. The van der Waals surface area contributed by atoms with E-state index in [2.05, 4.69) is 42.6 Å². The zero-order valence-electron chi connectivity index (χ0n) is 32.1. The Hall–Kier alpha value is -6.82. The Labute approximate surface area is 336 Å². The molecule has 6 rings (SSSR count). The molecule has 0 bridgehead atoms. The molecule has 2 heterocycles. The minimum absolute atomic E-state index is 0.294. The lowest BCUT2D eigenvalue weighted by Crippen LogP contribution is -2.48. The monoisotopic (exact) mass is 784 g/mol. The number of amides is 6. The van der Waals surface area contributed by atoms with Crippen LogP contribution in [0.3, 0.4) is 0 Å². The third-order valence-electron chi connectivity index (χ3n) is 10.0. The van der Waals surface area contributed by atoms with Crippen LogP contribution in [0.15, 0.2) is 109 Å². The van der Waals surface area contributed by atoms with Gasteiger partial charge in [-0.25, -0.2) is 9.59 Å². The van der Waals surface area contributed by atoms with Crippen LogP contribution in [0.1, 0.15) is 60.0 Å². The zero-order chi connectivity index (χ0) is 41.0. The van der Waals surface area contributed by atoms with Crippen molar-refractivity contribution in [3.8, 4) is 11.8 Å². The first-order chi connectivity index (χ1) is 28.1. The lowest BCUT2D eigenvalue weighted by molar-refractivity contribution is -0.130. The highest BCUT2D eigenvalue weighted by molar-refractivity contribution is 5.99. The summed E-state index contributed by atoms with van der Waals surface area (Å²) in [6.45, 7) is 0.942. The van der Waals surface area contributed by atoms with Crippen LogP contribution < -0.4 is 21.3 Å². The van der Waals surface area contributed by atoms with E-state index in [1.54, 1.807) is 94.7 Å². The van der Waals surface area contributed by atoms with Crippen LogP contribution in [-0.2, 0) is 28.7 Å². The number of imide groups is 2. The first-order valence-electron chi connectivity index (χ1n) is 18.9. The van der Waals surface area contributed by atoms with Gasteiger partial charge in [0.05, 0.1) is 26.3 Å². The number of hydrogen-bond acceptors (Lipinski definition) is 10. The number of methoxy groups -OCH3 is 2. The Morgan fingerprint density at radius 1 is 0.569 bits per heavy atom. The fraction of sp³-hybridized carbons (Fsp3) is 0.273. The van der Waals surface area contributed by atoms with Crippen molar-refractivity contribution in [1.29, 1.82) is 0 Å². The number of alkyl carbamates (subject to hydrolysis) is 2. The maximum Gasteiger partial charge on any atom is 0.413 e. The number of nitrogens with zero attached hydrogens (tertiary/aromatic N) is 2. The molecule has 4 atom stereocenters. The maximum atomic E-state index is 13.7. The van der Waals surface area contributed by atoms with Crippen LogP contribution in [0.25, 0.3) is 0 Å². The summed E-state index contributed by atoms with van der Waals surface area (Å²) in [4.78, 5) is 81.5.